The fourth-order valence-corrected chi connectivity index (χ4v) is 6.93. The smallest absolute Gasteiger partial charge is 0.156 e. The molecule has 0 radical (unpaired) electrons. The fraction of sp³-hybridized carbons (Fsp3) is 0.552. The van der Waals surface area contributed by atoms with Crippen molar-refractivity contribution in [1.82, 2.24) is 0 Å². The molecule has 2 fully saturated rings. The number of carbonyl (C=O) groups is 1. The highest BCUT2D eigenvalue weighted by molar-refractivity contribution is 5.93. The molecule has 4 heteroatoms. The number of methoxy groups -OCH3 is 1. The molecule has 1 saturated heterocycles. The Labute approximate surface area is 197 Å². The fourth-order valence-electron chi connectivity index (χ4n) is 6.93. The van der Waals surface area contributed by atoms with E-state index in [-0.39, 0.29) is 17.3 Å². The number of benzene rings is 1. The minimum absolute atomic E-state index is 0.170. The first-order valence-electron chi connectivity index (χ1n) is 12.2. The van der Waals surface area contributed by atoms with Gasteiger partial charge in [-0.25, -0.2) is 0 Å². The Bertz CT molecular complexity index is 1070. The van der Waals surface area contributed by atoms with Crippen molar-refractivity contribution in [3.63, 3.8) is 0 Å². The molecule has 174 valence electrons. The summed E-state index contributed by atoms with van der Waals surface area (Å²) in [6, 6.07) is 8.17. The maximum absolute atomic E-state index is 12.2. The normalized spacial score (nSPS) is 35.5. The molecule has 5 atom stereocenters. The molecule has 1 aromatic carbocycles. The molecule has 1 saturated carbocycles. The first-order valence-corrected chi connectivity index (χ1v) is 12.2. The number of rotatable bonds is 3. The van der Waals surface area contributed by atoms with Crippen LogP contribution < -0.4 is 4.74 Å². The zero-order valence-electron chi connectivity index (χ0n) is 19.9. The van der Waals surface area contributed by atoms with E-state index in [0.717, 1.165) is 43.4 Å². The predicted octanol–water partition coefficient (Wildman–Crippen LogP) is 5.32. The number of ether oxygens (including phenoxy) is 2. The third kappa shape index (κ3) is 3.57. The van der Waals surface area contributed by atoms with Crippen molar-refractivity contribution in [1.29, 1.82) is 0 Å². The quantitative estimate of drug-likeness (QED) is 0.638. The molecule has 4 aliphatic rings. The van der Waals surface area contributed by atoms with E-state index in [9.17, 15) is 9.90 Å². The van der Waals surface area contributed by atoms with Crippen molar-refractivity contribution < 1.29 is 19.4 Å². The van der Waals surface area contributed by atoms with Crippen LogP contribution >= 0.6 is 0 Å². The molecule has 0 amide bonds. The lowest BCUT2D eigenvalue weighted by Crippen LogP contribution is -2.48. The van der Waals surface area contributed by atoms with Crippen LogP contribution in [0.4, 0.5) is 0 Å². The van der Waals surface area contributed by atoms with Crippen LogP contribution in [0.2, 0.25) is 0 Å². The summed E-state index contributed by atoms with van der Waals surface area (Å²) in [5.74, 6) is 7.88. The minimum atomic E-state index is -0.843. The van der Waals surface area contributed by atoms with Crippen molar-refractivity contribution in [2.45, 2.75) is 70.5 Å². The number of fused-ring (bicyclic) bond motifs is 4. The maximum Gasteiger partial charge on any atom is 0.156 e. The lowest BCUT2D eigenvalue weighted by molar-refractivity contribution is -0.114. The van der Waals surface area contributed by atoms with Gasteiger partial charge in [0.25, 0.3) is 0 Å². The molecular formula is C29H34O4. The van der Waals surface area contributed by atoms with Gasteiger partial charge in [-0.05, 0) is 91.4 Å². The first kappa shape index (κ1) is 22.4. The monoisotopic (exact) mass is 446 g/mol. The number of carbonyl (C=O) groups excluding carboxylic acids is 1. The molecule has 5 rings (SSSR count). The van der Waals surface area contributed by atoms with E-state index >= 15 is 0 Å². The van der Waals surface area contributed by atoms with Crippen LogP contribution in [0.25, 0.3) is 0 Å². The van der Waals surface area contributed by atoms with Crippen molar-refractivity contribution in [2.24, 2.45) is 17.3 Å². The summed E-state index contributed by atoms with van der Waals surface area (Å²) < 4.78 is 12.2. The molecule has 3 aliphatic carbocycles. The standard InChI is InChI=1S/C29H34O4/c1-4-5-15-29(31)16-14-25-24-12-8-20-17-21(30)9-13-23(20)26(24)27(33-18-28(25,29)2)19-6-10-22(32-3)11-7-19/h6-7,10-11,17,24-25,27,31H,8-9,12-16,18H2,1-3H3/t24?,25?,27?,28-,29-/m0/s1. The highest BCUT2D eigenvalue weighted by Crippen LogP contribution is 2.62. The summed E-state index contributed by atoms with van der Waals surface area (Å²) in [6.45, 7) is 4.56. The molecule has 0 bridgehead atoms. The Morgan fingerprint density at radius 1 is 1.18 bits per heavy atom. The summed E-state index contributed by atoms with van der Waals surface area (Å²) >= 11 is 0. The van der Waals surface area contributed by atoms with E-state index in [1.54, 1.807) is 7.11 Å². The van der Waals surface area contributed by atoms with Crippen molar-refractivity contribution in [3.8, 4) is 17.6 Å². The first-order chi connectivity index (χ1) is 15.9. The van der Waals surface area contributed by atoms with Gasteiger partial charge < -0.3 is 14.6 Å². The average molecular weight is 447 g/mol. The SMILES string of the molecule is CC#CC[C@]1(O)CCC2C3CCC4=CC(=O)CCC4=C3C(c3ccc(OC)cc3)OC[C@@]21C. The van der Waals surface area contributed by atoms with Gasteiger partial charge in [0.05, 0.1) is 19.3 Å². The van der Waals surface area contributed by atoms with Gasteiger partial charge in [0.15, 0.2) is 5.78 Å². The Kier molecular flexibility index (Phi) is 5.75. The lowest BCUT2D eigenvalue weighted by Gasteiger charge is -2.44. The molecule has 4 nitrogen and oxygen atoms in total. The van der Waals surface area contributed by atoms with Gasteiger partial charge in [0, 0.05) is 18.3 Å². The van der Waals surface area contributed by atoms with E-state index in [2.05, 4.69) is 30.9 Å². The van der Waals surface area contributed by atoms with Gasteiger partial charge in [-0.1, -0.05) is 19.1 Å². The molecular weight excluding hydrogens is 412 g/mol. The summed E-state index contributed by atoms with van der Waals surface area (Å²) in [6.07, 6.45) is 7.25. The number of hydrogen-bond donors (Lipinski definition) is 1. The van der Waals surface area contributed by atoms with Gasteiger partial charge in [-0.2, -0.15) is 0 Å². The third-order valence-electron chi connectivity index (χ3n) is 8.86. The van der Waals surface area contributed by atoms with Crippen LogP contribution in [0, 0.1) is 29.1 Å². The van der Waals surface area contributed by atoms with Gasteiger partial charge in [-0.3, -0.25) is 4.79 Å². The van der Waals surface area contributed by atoms with Crippen LogP contribution in [0.15, 0.2) is 47.1 Å². The molecule has 3 unspecified atom stereocenters. The minimum Gasteiger partial charge on any atom is -0.497 e. The highest BCUT2D eigenvalue weighted by atomic mass is 16.5. The lowest BCUT2D eigenvalue weighted by atomic mass is 9.61. The molecule has 33 heavy (non-hydrogen) atoms. The molecule has 1 heterocycles. The number of hydrogen-bond acceptors (Lipinski definition) is 4. The topological polar surface area (TPSA) is 55.8 Å². The van der Waals surface area contributed by atoms with E-state index in [1.807, 2.05) is 25.1 Å². The largest absolute Gasteiger partial charge is 0.497 e. The predicted molar refractivity (Wildman–Crippen MR) is 128 cm³/mol. The van der Waals surface area contributed by atoms with Crippen molar-refractivity contribution in [3.05, 3.63) is 52.6 Å². The van der Waals surface area contributed by atoms with Crippen LogP contribution in [-0.4, -0.2) is 30.2 Å². The summed E-state index contributed by atoms with van der Waals surface area (Å²) in [7, 11) is 1.68. The number of ketones is 1. The van der Waals surface area contributed by atoms with Crippen LogP contribution in [0.1, 0.15) is 70.5 Å². The average Bonchev–Trinajstić information content (AvgIpc) is 3.00. The summed E-state index contributed by atoms with van der Waals surface area (Å²) in [5, 5.41) is 11.8. The molecule has 1 N–H and O–H groups in total. The highest BCUT2D eigenvalue weighted by Gasteiger charge is 2.61. The van der Waals surface area contributed by atoms with E-state index in [0.29, 0.717) is 31.3 Å². The van der Waals surface area contributed by atoms with Gasteiger partial charge in [-0.15, -0.1) is 11.8 Å². The second kappa shape index (κ2) is 8.46. The van der Waals surface area contributed by atoms with Crippen LogP contribution in [0.3, 0.4) is 0 Å². The van der Waals surface area contributed by atoms with Gasteiger partial charge in [0.2, 0.25) is 0 Å². The van der Waals surface area contributed by atoms with Gasteiger partial charge >= 0.3 is 0 Å². The molecule has 0 aromatic heterocycles. The Balaban J connectivity index is 1.64. The maximum atomic E-state index is 12.2. The van der Waals surface area contributed by atoms with Crippen LogP contribution in [-0.2, 0) is 9.53 Å². The third-order valence-corrected chi connectivity index (χ3v) is 8.86. The zero-order chi connectivity index (χ0) is 23.2. The molecule has 1 aliphatic heterocycles. The van der Waals surface area contributed by atoms with Crippen molar-refractivity contribution in [2.75, 3.05) is 13.7 Å². The Hall–Kier alpha value is -2.35. The molecule has 0 spiro atoms. The van der Waals surface area contributed by atoms with E-state index < -0.39 is 5.60 Å². The van der Waals surface area contributed by atoms with Gasteiger partial charge in [0.1, 0.15) is 11.9 Å². The molecule has 1 aromatic rings. The second-order valence-corrected chi connectivity index (χ2v) is 10.4. The van der Waals surface area contributed by atoms with Crippen LogP contribution in [0.5, 0.6) is 5.75 Å². The Morgan fingerprint density at radius 3 is 2.70 bits per heavy atom. The Morgan fingerprint density at radius 2 is 1.97 bits per heavy atom. The summed E-state index contributed by atoms with van der Waals surface area (Å²) in [5.41, 5.74) is 3.80. The number of aliphatic hydroxyl groups is 1. The van der Waals surface area contributed by atoms with E-state index in [1.165, 1.54) is 16.7 Å². The van der Waals surface area contributed by atoms with Crippen molar-refractivity contribution >= 4 is 5.78 Å². The second-order valence-electron chi connectivity index (χ2n) is 10.4. The van der Waals surface area contributed by atoms with E-state index in [4.69, 9.17) is 9.47 Å². The zero-order valence-corrected chi connectivity index (χ0v) is 19.9. The summed E-state index contributed by atoms with van der Waals surface area (Å²) in [4.78, 5) is 12.2. The number of allylic oxidation sites excluding steroid dienone is 3.